The summed E-state index contributed by atoms with van der Waals surface area (Å²) in [6, 6.07) is 6.40. The van der Waals surface area contributed by atoms with Gasteiger partial charge in [0.05, 0.1) is 0 Å². The molecule has 0 heterocycles. The molecule has 20 heavy (non-hydrogen) atoms. The van der Waals surface area contributed by atoms with Crippen molar-refractivity contribution in [3.63, 3.8) is 0 Å². The molecule has 1 fully saturated rings. The van der Waals surface area contributed by atoms with E-state index in [0.717, 1.165) is 28.3 Å². The average Bonchev–Trinajstić information content (AvgIpc) is 2.42. The zero-order valence-corrected chi connectivity index (χ0v) is 14.1. The first-order valence-electron chi connectivity index (χ1n) is 7.62. The number of hydrogen-bond acceptors (Lipinski definition) is 1. The van der Waals surface area contributed by atoms with Gasteiger partial charge in [-0.2, -0.15) is 0 Å². The van der Waals surface area contributed by atoms with E-state index >= 15 is 0 Å². The molecule has 1 aromatic carbocycles. The van der Waals surface area contributed by atoms with Gasteiger partial charge in [-0.15, -0.1) is 0 Å². The summed E-state index contributed by atoms with van der Waals surface area (Å²) in [6.07, 6.45) is 4.91. The molecule has 3 atom stereocenters. The highest BCUT2D eigenvalue weighted by Crippen LogP contribution is 2.36. The number of benzene rings is 1. The molecule has 1 saturated carbocycles. The van der Waals surface area contributed by atoms with Gasteiger partial charge in [-0.25, -0.2) is 0 Å². The van der Waals surface area contributed by atoms with E-state index in [1.807, 2.05) is 18.2 Å². The molecule has 1 N–H and O–H groups in total. The molecule has 0 spiro atoms. The van der Waals surface area contributed by atoms with Crippen LogP contribution in [-0.4, -0.2) is 13.1 Å². The lowest BCUT2D eigenvalue weighted by Crippen LogP contribution is -2.40. The van der Waals surface area contributed by atoms with Crippen LogP contribution in [0.1, 0.15) is 38.7 Å². The molecule has 2 rings (SSSR count). The maximum Gasteiger partial charge on any atom is 0.0439 e. The van der Waals surface area contributed by atoms with E-state index in [1.165, 1.54) is 24.8 Å². The van der Waals surface area contributed by atoms with Crippen molar-refractivity contribution < 1.29 is 0 Å². The van der Waals surface area contributed by atoms with Crippen LogP contribution in [0.4, 0.5) is 0 Å². The normalized spacial score (nSPS) is 27.0. The van der Waals surface area contributed by atoms with Gasteiger partial charge in [0, 0.05) is 16.1 Å². The zero-order chi connectivity index (χ0) is 14.7. The highest BCUT2D eigenvalue weighted by Gasteiger charge is 2.31. The van der Waals surface area contributed by atoms with Crippen molar-refractivity contribution in [3.05, 3.63) is 33.8 Å². The lowest BCUT2D eigenvalue weighted by molar-refractivity contribution is 0.173. The third-order valence-corrected chi connectivity index (χ3v) is 5.43. The summed E-state index contributed by atoms with van der Waals surface area (Å²) in [5.41, 5.74) is 1.19. The number of halogens is 2. The monoisotopic (exact) mass is 313 g/mol. The molecule has 112 valence electrons. The predicted molar refractivity (Wildman–Crippen MR) is 88.7 cm³/mol. The van der Waals surface area contributed by atoms with Crippen LogP contribution in [0, 0.1) is 17.8 Å². The molecule has 0 bridgehead atoms. The first-order valence-corrected chi connectivity index (χ1v) is 8.38. The minimum Gasteiger partial charge on any atom is -0.317 e. The Kier molecular flexibility index (Phi) is 5.77. The van der Waals surface area contributed by atoms with Gasteiger partial charge in [0.2, 0.25) is 0 Å². The van der Waals surface area contributed by atoms with Gasteiger partial charge in [-0.05, 0) is 74.2 Å². The summed E-state index contributed by atoms with van der Waals surface area (Å²) in [6.45, 7) is 4.68. The molecule has 1 aromatic rings. The predicted octanol–water partition coefficient (Wildman–Crippen LogP) is 5.20. The summed E-state index contributed by atoms with van der Waals surface area (Å²) >= 11 is 12.4. The van der Waals surface area contributed by atoms with Crippen molar-refractivity contribution in [1.82, 2.24) is 5.32 Å². The van der Waals surface area contributed by atoms with Crippen LogP contribution in [0.2, 0.25) is 10.0 Å². The molecule has 0 radical (unpaired) electrons. The van der Waals surface area contributed by atoms with Crippen LogP contribution in [0.5, 0.6) is 0 Å². The Morgan fingerprint density at radius 3 is 2.65 bits per heavy atom. The summed E-state index contributed by atoms with van der Waals surface area (Å²) in [4.78, 5) is 0. The minimum atomic E-state index is 0.597. The van der Waals surface area contributed by atoms with E-state index in [0.29, 0.717) is 12.0 Å². The van der Waals surface area contributed by atoms with Crippen molar-refractivity contribution >= 4 is 23.2 Å². The van der Waals surface area contributed by atoms with Crippen molar-refractivity contribution in [2.24, 2.45) is 17.8 Å². The summed E-state index contributed by atoms with van der Waals surface area (Å²) in [5, 5.41) is 5.11. The molecule has 0 amide bonds. The van der Waals surface area contributed by atoms with Crippen molar-refractivity contribution in [2.75, 3.05) is 7.05 Å². The van der Waals surface area contributed by atoms with Gasteiger partial charge in [-0.1, -0.05) is 37.0 Å². The van der Waals surface area contributed by atoms with Gasteiger partial charge >= 0.3 is 0 Å². The van der Waals surface area contributed by atoms with Crippen molar-refractivity contribution in [2.45, 2.75) is 45.6 Å². The summed E-state index contributed by atoms with van der Waals surface area (Å²) in [5.74, 6) is 2.25. The van der Waals surface area contributed by atoms with Gasteiger partial charge in [0.25, 0.3) is 0 Å². The largest absolute Gasteiger partial charge is 0.317 e. The Hall–Kier alpha value is -0.240. The Labute approximate surface area is 133 Å². The van der Waals surface area contributed by atoms with Crippen LogP contribution in [-0.2, 0) is 6.42 Å². The number of hydrogen-bond donors (Lipinski definition) is 1. The fourth-order valence-electron chi connectivity index (χ4n) is 3.49. The SMILES string of the molecule is CNC1CCC(C(C)C)CC1Cc1cc(Cl)ccc1Cl. The van der Waals surface area contributed by atoms with Crippen molar-refractivity contribution in [1.29, 1.82) is 0 Å². The van der Waals surface area contributed by atoms with E-state index in [4.69, 9.17) is 23.2 Å². The quantitative estimate of drug-likeness (QED) is 0.806. The molecule has 3 heteroatoms. The van der Waals surface area contributed by atoms with Gasteiger partial charge in [0.1, 0.15) is 0 Å². The standard InChI is InChI=1S/C17H25Cl2N/c1-11(2)12-4-7-17(20-3)14(8-12)9-13-10-15(18)5-6-16(13)19/h5-6,10-12,14,17,20H,4,7-9H2,1-3H3. The second-order valence-corrected chi connectivity index (χ2v) is 7.26. The van der Waals surface area contributed by atoms with Crippen LogP contribution in [0.25, 0.3) is 0 Å². The Bertz CT molecular complexity index is 445. The third-order valence-electron chi connectivity index (χ3n) is 4.83. The van der Waals surface area contributed by atoms with Gasteiger partial charge < -0.3 is 5.32 Å². The van der Waals surface area contributed by atoms with Crippen LogP contribution < -0.4 is 5.32 Å². The van der Waals surface area contributed by atoms with Gasteiger partial charge in [-0.3, -0.25) is 0 Å². The van der Waals surface area contributed by atoms with Crippen molar-refractivity contribution in [3.8, 4) is 0 Å². The zero-order valence-electron chi connectivity index (χ0n) is 12.6. The Morgan fingerprint density at radius 1 is 1.25 bits per heavy atom. The molecular formula is C17H25Cl2N. The highest BCUT2D eigenvalue weighted by molar-refractivity contribution is 6.33. The van der Waals surface area contributed by atoms with Crippen LogP contribution >= 0.6 is 23.2 Å². The molecule has 0 saturated heterocycles. The molecule has 0 aliphatic heterocycles. The second kappa shape index (κ2) is 7.15. The molecule has 1 aliphatic carbocycles. The number of nitrogens with one attached hydrogen (secondary N) is 1. The Morgan fingerprint density at radius 2 is 2.00 bits per heavy atom. The molecule has 1 nitrogen and oxygen atoms in total. The Balaban J connectivity index is 2.13. The molecular weight excluding hydrogens is 289 g/mol. The first-order chi connectivity index (χ1) is 9.51. The molecule has 3 unspecified atom stereocenters. The maximum absolute atomic E-state index is 6.33. The van der Waals surface area contributed by atoms with E-state index in [-0.39, 0.29) is 0 Å². The maximum atomic E-state index is 6.33. The van der Waals surface area contributed by atoms with Crippen LogP contribution in [0.3, 0.4) is 0 Å². The average molecular weight is 314 g/mol. The van der Waals surface area contributed by atoms with E-state index < -0.39 is 0 Å². The van der Waals surface area contributed by atoms with Gasteiger partial charge in [0.15, 0.2) is 0 Å². The number of rotatable bonds is 4. The van der Waals surface area contributed by atoms with Crippen LogP contribution in [0.15, 0.2) is 18.2 Å². The first kappa shape index (κ1) is 16.1. The third kappa shape index (κ3) is 3.90. The minimum absolute atomic E-state index is 0.597. The fraction of sp³-hybridized carbons (Fsp3) is 0.647. The highest BCUT2D eigenvalue weighted by atomic mass is 35.5. The topological polar surface area (TPSA) is 12.0 Å². The van der Waals surface area contributed by atoms with E-state index in [2.05, 4.69) is 26.2 Å². The van der Waals surface area contributed by atoms with E-state index in [1.54, 1.807) is 0 Å². The smallest absolute Gasteiger partial charge is 0.0439 e. The molecule has 0 aromatic heterocycles. The summed E-state index contributed by atoms with van der Waals surface area (Å²) in [7, 11) is 2.08. The lowest BCUT2D eigenvalue weighted by Gasteiger charge is -2.38. The second-order valence-electron chi connectivity index (χ2n) is 6.41. The fourth-order valence-corrected chi connectivity index (χ4v) is 3.88. The van der Waals surface area contributed by atoms with E-state index in [9.17, 15) is 0 Å². The summed E-state index contributed by atoms with van der Waals surface area (Å²) < 4.78 is 0. The molecule has 1 aliphatic rings. The lowest BCUT2D eigenvalue weighted by atomic mass is 9.72.